The number of rotatable bonds is 5. The van der Waals surface area contributed by atoms with Gasteiger partial charge in [-0.15, -0.1) is 0 Å². The molecule has 1 heterocycles. The lowest BCUT2D eigenvalue weighted by molar-refractivity contribution is -0.119. The number of benzene rings is 1. The van der Waals surface area contributed by atoms with Crippen molar-refractivity contribution >= 4 is 23.2 Å². The highest BCUT2D eigenvalue weighted by molar-refractivity contribution is 6.32. The van der Waals surface area contributed by atoms with Crippen molar-refractivity contribution in [2.24, 2.45) is 0 Å². The van der Waals surface area contributed by atoms with E-state index in [9.17, 15) is 26.7 Å². The molecular formula is C15H13ClF5N3O. The molecule has 1 aromatic carbocycles. The van der Waals surface area contributed by atoms with Gasteiger partial charge in [-0.2, -0.15) is 5.10 Å². The summed E-state index contributed by atoms with van der Waals surface area (Å²) in [7, 11) is 0. The number of halogens is 6. The van der Waals surface area contributed by atoms with Crippen LogP contribution in [0.5, 0.6) is 0 Å². The summed E-state index contributed by atoms with van der Waals surface area (Å²) in [4.78, 5) is 12.2. The van der Waals surface area contributed by atoms with Crippen molar-refractivity contribution in [3.05, 3.63) is 46.0 Å². The van der Waals surface area contributed by atoms with Crippen molar-refractivity contribution in [3.63, 3.8) is 0 Å². The Bertz CT molecular complexity index is 794. The molecule has 136 valence electrons. The number of hydrogen-bond donors (Lipinski definition) is 1. The Hall–Kier alpha value is -2.16. The predicted octanol–water partition coefficient (Wildman–Crippen LogP) is 5.06. The number of carbonyl (C=O) groups excluding carboxylic acids is 1. The van der Waals surface area contributed by atoms with Crippen LogP contribution < -0.4 is 5.32 Å². The Balaban J connectivity index is 2.36. The van der Waals surface area contributed by atoms with E-state index >= 15 is 0 Å². The number of aryl methyl sites for hydroxylation is 1. The van der Waals surface area contributed by atoms with Crippen molar-refractivity contribution in [1.82, 2.24) is 9.78 Å². The van der Waals surface area contributed by atoms with E-state index < -0.39 is 47.0 Å². The minimum absolute atomic E-state index is 0.164. The van der Waals surface area contributed by atoms with Gasteiger partial charge in [-0.25, -0.2) is 26.6 Å². The van der Waals surface area contributed by atoms with E-state index in [1.807, 2.05) is 0 Å². The normalized spacial score (nSPS) is 12.7. The average molecular weight is 382 g/mol. The Labute approximate surface area is 144 Å². The molecule has 1 atom stereocenters. The van der Waals surface area contributed by atoms with E-state index in [1.165, 1.54) is 12.1 Å². The molecule has 0 radical (unpaired) electrons. The molecule has 1 N–H and O–H groups in total. The summed E-state index contributed by atoms with van der Waals surface area (Å²) in [5.41, 5.74) is -1.55. The minimum atomic E-state index is -3.22. The Morgan fingerprint density at radius 1 is 1.24 bits per heavy atom. The van der Waals surface area contributed by atoms with Crippen LogP contribution in [0.25, 0.3) is 0 Å². The molecule has 0 aliphatic carbocycles. The number of alkyl halides is 4. The maximum atomic E-state index is 13.7. The van der Waals surface area contributed by atoms with E-state index in [1.54, 1.807) is 6.92 Å². The fraction of sp³-hybridized carbons (Fsp3) is 0.333. The van der Waals surface area contributed by atoms with Gasteiger partial charge in [0.25, 0.3) is 12.9 Å². The van der Waals surface area contributed by atoms with Gasteiger partial charge in [0.05, 0.1) is 10.7 Å². The largest absolute Gasteiger partial charge is 0.322 e. The third-order valence-corrected chi connectivity index (χ3v) is 3.84. The van der Waals surface area contributed by atoms with Crippen LogP contribution in [0.3, 0.4) is 0 Å². The number of nitrogens with one attached hydrogen (secondary N) is 1. The average Bonchev–Trinajstić information content (AvgIpc) is 2.87. The highest BCUT2D eigenvalue weighted by Crippen LogP contribution is 2.36. The van der Waals surface area contributed by atoms with Crippen molar-refractivity contribution < 1.29 is 26.7 Å². The van der Waals surface area contributed by atoms with Crippen LogP contribution in [0.2, 0.25) is 5.02 Å². The summed E-state index contributed by atoms with van der Waals surface area (Å²) in [5, 5.41) is 4.66. The van der Waals surface area contributed by atoms with Gasteiger partial charge in [-0.05, 0) is 31.5 Å². The van der Waals surface area contributed by atoms with Crippen LogP contribution in [0.15, 0.2) is 18.2 Å². The quantitative estimate of drug-likeness (QED) is 0.736. The van der Waals surface area contributed by atoms with Crippen LogP contribution >= 0.6 is 11.6 Å². The summed E-state index contributed by atoms with van der Waals surface area (Å²) in [6.45, 7) is 2.82. The van der Waals surface area contributed by atoms with E-state index in [4.69, 9.17) is 11.6 Å². The zero-order chi connectivity index (χ0) is 18.9. The Morgan fingerprint density at radius 3 is 2.44 bits per heavy atom. The molecule has 0 fully saturated rings. The monoisotopic (exact) mass is 381 g/mol. The minimum Gasteiger partial charge on any atom is -0.322 e. The second-order valence-corrected chi connectivity index (χ2v) is 5.66. The number of nitrogens with zero attached hydrogens (tertiary/aromatic N) is 2. The molecular weight excluding hydrogens is 369 g/mol. The van der Waals surface area contributed by atoms with Crippen LogP contribution in [0, 0.1) is 12.7 Å². The Kier molecular flexibility index (Phi) is 5.66. The number of amides is 1. The molecule has 0 saturated heterocycles. The molecule has 0 spiro atoms. The van der Waals surface area contributed by atoms with Gasteiger partial charge in [0.2, 0.25) is 5.91 Å². The first-order valence-electron chi connectivity index (χ1n) is 7.04. The van der Waals surface area contributed by atoms with E-state index in [-0.39, 0.29) is 5.69 Å². The zero-order valence-corrected chi connectivity index (χ0v) is 13.8. The molecule has 4 nitrogen and oxygen atoms in total. The second kappa shape index (κ2) is 7.38. The molecule has 0 bridgehead atoms. The lowest BCUT2D eigenvalue weighted by Crippen LogP contribution is -2.26. The van der Waals surface area contributed by atoms with Gasteiger partial charge in [-0.1, -0.05) is 17.7 Å². The van der Waals surface area contributed by atoms with Crippen LogP contribution in [-0.2, 0) is 4.79 Å². The van der Waals surface area contributed by atoms with Crippen LogP contribution in [-0.4, -0.2) is 15.7 Å². The lowest BCUT2D eigenvalue weighted by Gasteiger charge is -2.16. The van der Waals surface area contributed by atoms with Crippen molar-refractivity contribution in [2.75, 3.05) is 5.32 Å². The first kappa shape index (κ1) is 19.2. The molecule has 1 amide bonds. The molecule has 2 rings (SSSR count). The Morgan fingerprint density at radius 2 is 1.88 bits per heavy atom. The van der Waals surface area contributed by atoms with Crippen molar-refractivity contribution in [3.8, 4) is 0 Å². The highest BCUT2D eigenvalue weighted by atomic mass is 35.5. The van der Waals surface area contributed by atoms with E-state index in [0.29, 0.717) is 10.2 Å². The van der Waals surface area contributed by atoms with Crippen LogP contribution in [0.4, 0.5) is 27.6 Å². The molecule has 10 heteroatoms. The first-order chi connectivity index (χ1) is 11.6. The smallest absolute Gasteiger partial charge is 0.283 e. The van der Waals surface area contributed by atoms with Gasteiger partial charge in [0.1, 0.15) is 23.2 Å². The predicted molar refractivity (Wildman–Crippen MR) is 81.6 cm³/mol. The molecule has 0 aliphatic heterocycles. The number of aromatic nitrogens is 2. The number of hydrogen-bond acceptors (Lipinski definition) is 2. The fourth-order valence-electron chi connectivity index (χ4n) is 2.16. The molecule has 1 unspecified atom stereocenters. The maximum absolute atomic E-state index is 13.7. The summed E-state index contributed by atoms with van der Waals surface area (Å²) < 4.78 is 66.1. The summed E-state index contributed by atoms with van der Waals surface area (Å²) >= 11 is 5.54. The van der Waals surface area contributed by atoms with Crippen molar-refractivity contribution in [1.29, 1.82) is 0 Å². The molecule has 1 aromatic heterocycles. The molecule has 25 heavy (non-hydrogen) atoms. The van der Waals surface area contributed by atoms with Gasteiger partial charge in [0, 0.05) is 0 Å². The first-order valence-corrected chi connectivity index (χ1v) is 7.42. The molecule has 2 aromatic rings. The fourth-order valence-corrected chi connectivity index (χ4v) is 2.45. The second-order valence-electron chi connectivity index (χ2n) is 5.28. The SMILES string of the molecule is Cc1ccc(F)c(NC(=O)C(C)n2nc(C(F)F)c(Cl)c2C(F)F)c1. The third kappa shape index (κ3) is 3.92. The summed E-state index contributed by atoms with van der Waals surface area (Å²) in [6.07, 6.45) is -6.41. The number of anilines is 1. The molecule has 0 saturated carbocycles. The van der Waals surface area contributed by atoms with E-state index in [0.717, 1.165) is 13.0 Å². The third-order valence-electron chi connectivity index (χ3n) is 3.45. The topological polar surface area (TPSA) is 46.9 Å². The van der Waals surface area contributed by atoms with Gasteiger partial charge in [0.15, 0.2) is 0 Å². The van der Waals surface area contributed by atoms with Crippen molar-refractivity contribution in [2.45, 2.75) is 32.7 Å². The van der Waals surface area contributed by atoms with E-state index in [2.05, 4.69) is 10.4 Å². The zero-order valence-electron chi connectivity index (χ0n) is 13.0. The standard InChI is InChI=1S/C15H13ClF5N3O/c1-6-3-4-8(17)9(5-6)22-15(25)7(2)24-12(14(20)21)10(16)11(23-24)13(18)19/h3-5,7,13-14H,1-2H3,(H,22,25). The van der Waals surface area contributed by atoms with Crippen LogP contribution in [0.1, 0.15) is 42.8 Å². The van der Waals surface area contributed by atoms with Gasteiger partial charge < -0.3 is 5.32 Å². The highest BCUT2D eigenvalue weighted by Gasteiger charge is 2.32. The summed E-state index contributed by atoms with van der Waals surface area (Å²) in [6, 6.07) is 2.52. The number of carbonyl (C=O) groups is 1. The molecule has 0 aliphatic rings. The van der Waals surface area contributed by atoms with Gasteiger partial charge >= 0.3 is 0 Å². The summed E-state index contributed by atoms with van der Waals surface area (Å²) in [5.74, 6) is -1.64. The lowest BCUT2D eigenvalue weighted by atomic mass is 10.2. The van der Waals surface area contributed by atoms with Gasteiger partial charge in [-0.3, -0.25) is 4.79 Å². The maximum Gasteiger partial charge on any atom is 0.283 e.